The molecule has 0 radical (unpaired) electrons. The van der Waals surface area contributed by atoms with E-state index in [1.165, 1.54) is 0 Å². The Morgan fingerprint density at radius 3 is 3.00 bits per heavy atom. The number of nitrogens with one attached hydrogen (secondary N) is 1. The monoisotopic (exact) mass is 222 g/mol. The maximum absolute atomic E-state index is 11.1. The molecule has 1 N–H and O–H groups in total. The third kappa shape index (κ3) is 3.31. The average Bonchev–Trinajstić information content (AvgIpc) is 2.22. The van der Waals surface area contributed by atoms with Crippen LogP contribution in [0.4, 0.5) is 0 Å². The summed E-state index contributed by atoms with van der Waals surface area (Å²) in [7, 11) is 2.09. The first-order valence-corrected chi connectivity index (χ1v) is 5.47. The fraction of sp³-hybridized carbons (Fsp3) is 0.727. The number of nitrogens with zero attached hydrogens (tertiary/aromatic N) is 3. The molecule has 88 valence electrons. The molecule has 1 heterocycles. The van der Waals surface area contributed by atoms with Gasteiger partial charge in [0, 0.05) is 30.6 Å². The van der Waals surface area contributed by atoms with Crippen LogP contribution in [-0.4, -0.2) is 36.2 Å². The molecule has 0 unspecified atom stereocenters. The first-order valence-electron chi connectivity index (χ1n) is 5.47. The van der Waals surface area contributed by atoms with E-state index in [0.29, 0.717) is 12.0 Å². The van der Waals surface area contributed by atoms with Gasteiger partial charge < -0.3 is 4.90 Å². The van der Waals surface area contributed by atoms with Crippen LogP contribution in [-0.2, 0) is 4.79 Å². The number of carbonyl (C=O) groups is 1. The molecule has 0 aromatic carbocycles. The van der Waals surface area contributed by atoms with E-state index in [9.17, 15) is 4.79 Å². The second kappa shape index (κ2) is 5.61. The first-order chi connectivity index (χ1) is 7.54. The first kappa shape index (κ1) is 12.7. The Morgan fingerprint density at radius 1 is 1.69 bits per heavy atom. The van der Waals surface area contributed by atoms with Crippen LogP contribution in [0.25, 0.3) is 0 Å². The summed E-state index contributed by atoms with van der Waals surface area (Å²) in [5.41, 5.74) is 3.44. The highest BCUT2D eigenvalue weighted by molar-refractivity contribution is 5.89. The Morgan fingerprint density at radius 2 is 2.38 bits per heavy atom. The number of amides is 1. The summed E-state index contributed by atoms with van der Waals surface area (Å²) in [6, 6.07) is 2.24. The van der Waals surface area contributed by atoms with Gasteiger partial charge in [0.25, 0.3) is 5.91 Å². The van der Waals surface area contributed by atoms with Gasteiger partial charge in [-0.15, -0.1) is 0 Å². The van der Waals surface area contributed by atoms with E-state index < -0.39 is 0 Å². The van der Waals surface area contributed by atoms with E-state index in [4.69, 9.17) is 5.26 Å². The van der Waals surface area contributed by atoms with E-state index in [1.807, 2.05) is 0 Å². The van der Waals surface area contributed by atoms with Gasteiger partial charge >= 0.3 is 0 Å². The molecular formula is C11H18N4O. The van der Waals surface area contributed by atoms with Gasteiger partial charge in [0.05, 0.1) is 6.07 Å². The standard InChI is InChI=1S/C11H18N4O/c1-8-7-15(3)9(2)6-10(8)13-14-11(16)4-5-12/h8-9H,4,6-7H2,1-3H3,(H,14,16)/b13-10-/t8-,9-/m1/s1. The third-order valence-corrected chi connectivity index (χ3v) is 2.95. The number of rotatable bonds is 2. The van der Waals surface area contributed by atoms with Gasteiger partial charge in [-0.05, 0) is 14.0 Å². The third-order valence-electron chi connectivity index (χ3n) is 2.95. The number of nitriles is 1. The quantitative estimate of drug-likeness (QED) is 0.700. The number of hydrogen-bond donors (Lipinski definition) is 1. The van der Waals surface area contributed by atoms with Crippen LogP contribution in [0.15, 0.2) is 5.10 Å². The summed E-state index contributed by atoms with van der Waals surface area (Å²) in [6.07, 6.45) is 0.727. The van der Waals surface area contributed by atoms with Crippen LogP contribution in [0, 0.1) is 17.2 Å². The molecule has 1 saturated heterocycles. The fourth-order valence-corrected chi connectivity index (χ4v) is 1.78. The highest BCUT2D eigenvalue weighted by Gasteiger charge is 2.25. The van der Waals surface area contributed by atoms with Crippen molar-refractivity contribution in [2.75, 3.05) is 13.6 Å². The lowest BCUT2D eigenvalue weighted by Crippen LogP contribution is -2.43. The van der Waals surface area contributed by atoms with E-state index in [2.05, 4.69) is 36.3 Å². The largest absolute Gasteiger partial charge is 0.303 e. The number of hydrogen-bond acceptors (Lipinski definition) is 4. The van der Waals surface area contributed by atoms with Crippen molar-refractivity contribution in [1.29, 1.82) is 5.26 Å². The summed E-state index contributed by atoms with van der Waals surface area (Å²) >= 11 is 0. The summed E-state index contributed by atoms with van der Waals surface area (Å²) in [5.74, 6) is 0.0115. The SMILES string of the molecule is C[C@@H]1CN(C)[C@H](C)C/C1=N/NC(=O)CC#N. The van der Waals surface area contributed by atoms with E-state index in [-0.39, 0.29) is 12.3 Å². The summed E-state index contributed by atoms with van der Waals surface area (Å²) < 4.78 is 0. The molecule has 1 fully saturated rings. The van der Waals surface area contributed by atoms with Crippen molar-refractivity contribution in [2.24, 2.45) is 11.0 Å². The van der Waals surface area contributed by atoms with Crippen molar-refractivity contribution in [3.63, 3.8) is 0 Å². The van der Waals surface area contributed by atoms with Crippen LogP contribution in [0.5, 0.6) is 0 Å². The molecule has 1 aliphatic heterocycles. The molecule has 1 rings (SSSR count). The Bertz CT molecular complexity index is 331. The average molecular weight is 222 g/mol. The summed E-state index contributed by atoms with van der Waals surface area (Å²) in [6.45, 7) is 5.18. The number of piperidine rings is 1. The predicted octanol–water partition coefficient (Wildman–Crippen LogP) is 0.732. The van der Waals surface area contributed by atoms with Gasteiger partial charge in [0.1, 0.15) is 6.42 Å². The van der Waals surface area contributed by atoms with Crippen molar-refractivity contribution in [3.05, 3.63) is 0 Å². The Balaban J connectivity index is 2.56. The molecule has 1 aliphatic rings. The molecule has 0 aliphatic carbocycles. The second-order valence-electron chi connectivity index (χ2n) is 4.37. The predicted molar refractivity (Wildman–Crippen MR) is 61.7 cm³/mol. The zero-order chi connectivity index (χ0) is 12.1. The van der Waals surface area contributed by atoms with E-state index >= 15 is 0 Å². The Hall–Kier alpha value is -1.41. The van der Waals surface area contributed by atoms with Crippen molar-refractivity contribution in [1.82, 2.24) is 10.3 Å². The normalized spacial score (nSPS) is 28.8. The molecule has 2 atom stereocenters. The number of likely N-dealkylation sites (tertiary alicyclic amines) is 1. The van der Waals surface area contributed by atoms with Crippen LogP contribution in [0.3, 0.4) is 0 Å². The molecule has 0 saturated carbocycles. The van der Waals surface area contributed by atoms with Crippen LogP contribution in [0.2, 0.25) is 0 Å². The highest BCUT2D eigenvalue weighted by atomic mass is 16.2. The Labute approximate surface area is 96.1 Å². The van der Waals surface area contributed by atoms with Gasteiger partial charge in [-0.2, -0.15) is 10.4 Å². The van der Waals surface area contributed by atoms with Gasteiger partial charge in [-0.3, -0.25) is 4.79 Å². The van der Waals surface area contributed by atoms with Crippen molar-refractivity contribution in [3.8, 4) is 6.07 Å². The maximum atomic E-state index is 11.1. The second-order valence-corrected chi connectivity index (χ2v) is 4.37. The van der Waals surface area contributed by atoms with Gasteiger partial charge in [0.15, 0.2) is 0 Å². The Kier molecular flexibility index (Phi) is 4.44. The zero-order valence-corrected chi connectivity index (χ0v) is 10.0. The molecule has 16 heavy (non-hydrogen) atoms. The minimum Gasteiger partial charge on any atom is -0.303 e. The molecule has 0 bridgehead atoms. The lowest BCUT2D eigenvalue weighted by molar-refractivity contribution is -0.120. The molecule has 1 amide bonds. The van der Waals surface area contributed by atoms with Crippen molar-refractivity contribution >= 4 is 11.6 Å². The van der Waals surface area contributed by atoms with Gasteiger partial charge in [-0.25, -0.2) is 5.43 Å². The number of carbonyl (C=O) groups excluding carboxylic acids is 1. The number of hydrazone groups is 1. The molecule has 0 spiro atoms. The zero-order valence-electron chi connectivity index (χ0n) is 10.0. The molecular weight excluding hydrogens is 204 g/mol. The summed E-state index contributed by atoms with van der Waals surface area (Å²) in [4.78, 5) is 13.4. The topological polar surface area (TPSA) is 68.5 Å². The maximum Gasteiger partial charge on any atom is 0.254 e. The summed E-state index contributed by atoms with van der Waals surface area (Å²) in [5, 5.41) is 12.4. The van der Waals surface area contributed by atoms with Crippen molar-refractivity contribution < 1.29 is 4.79 Å². The van der Waals surface area contributed by atoms with Crippen LogP contribution < -0.4 is 5.43 Å². The van der Waals surface area contributed by atoms with Gasteiger partial charge in [0.2, 0.25) is 0 Å². The molecule has 5 heteroatoms. The minimum absolute atomic E-state index is 0.138. The molecule has 0 aromatic rings. The fourth-order valence-electron chi connectivity index (χ4n) is 1.78. The molecule has 5 nitrogen and oxygen atoms in total. The highest BCUT2D eigenvalue weighted by Crippen LogP contribution is 2.17. The van der Waals surface area contributed by atoms with E-state index in [0.717, 1.165) is 18.7 Å². The van der Waals surface area contributed by atoms with Crippen molar-refractivity contribution in [2.45, 2.75) is 32.7 Å². The minimum atomic E-state index is -0.339. The van der Waals surface area contributed by atoms with Crippen LogP contribution in [0.1, 0.15) is 26.7 Å². The smallest absolute Gasteiger partial charge is 0.254 e. The van der Waals surface area contributed by atoms with Gasteiger partial charge in [-0.1, -0.05) is 6.92 Å². The molecule has 0 aromatic heterocycles. The lowest BCUT2D eigenvalue weighted by atomic mass is 9.93. The lowest BCUT2D eigenvalue weighted by Gasteiger charge is -2.34. The van der Waals surface area contributed by atoms with E-state index in [1.54, 1.807) is 6.07 Å². The van der Waals surface area contributed by atoms with Crippen LogP contribution >= 0.6 is 0 Å².